The Hall–Kier alpha value is -1.49. The summed E-state index contributed by atoms with van der Waals surface area (Å²) in [5.74, 6) is 0. The SMILES string of the molecule is CC(N)Cc1cccc2c1ccn2CCCC(F)(F)F. The van der Waals surface area contributed by atoms with Gasteiger partial charge in [-0.05, 0) is 37.5 Å². The monoisotopic (exact) mass is 284 g/mol. The van der Waals surface area contributed by atoms with Gasteiger partial charge in [-0.1, -0.05) is 12.1 Å². The number of halogens is 3. The molecule has 1 heterocycles. The number of rotatable bonds is 5. The van der Waals surface area contributed by atoms with Crippen molar-refractivity contribution in [3.05, 3.63) is 36.0 Å². The van der Waals surface area contributed by atoms with E-state index >= 15 is 0 Å². The van der Waals surface area contributed by atoms with Crippen molar-refractivity contribution in [1.82, 2.24) is 4.57 Å². The van der Waals surface area contributed by atoms with Crippen LogP contribution in [0.5, 0.6) is 0 Å². The minimum Gasteiger partial charge on any atom is -0.347 e. The van der Waals surface area contributed by atoms with Gasteiger partial charge in [0.05, 0.1) is 0 Å². The Balaban J connectivity index is 2.16. The molecule has 0 saturated carbocycles. The standard InChI is InChI=1S/C15H19F3N2/c1-11(19)10-12-4-2-5-14-13(12)6-9-20(14)8-3-7-15(16,17)18/h2,4-6,9,11H,3,7-8,10,19H2,1H3. The molecular formula is C15H19F3N2. The van der Waals surface area contributed by atoms with Crippen LogP contribution < -0.4 is 5.73 Å². The second-order valence-electron chi connectivity index (χ2n) is 5.26. The largest absolute Gasteiger partial charge is 0.389 e. The molecule has 1 aromatic heterocycles. The van der Waals surface area contributed by atoms with Crippen LogP contribution in [0.15, 0.2) is 30.5 Å². The molecular weight excluding hydrogens is 265 g/mol. The minimum atomic E-state index is -4.08. The van der Waals surface area contributed by atoms with Crippen molar-refractivity contribution in [2.75, 3.05) is 0 Å². The highest BCUT2D eigenvalue weighted by atomic mass is 19.4. The average Bonchev–Trinajstić information content (AvgIpc) is 2.71. The van der Waals surface area contributed by atoms with Crippen molar-refractivity contribution in [1.29, 1.82) is 0 Å². The summed E-state index contributed by atoms with van der Waals surface area (Å²) in [6.07, 6.45) is -2.10. The Kier molecular flexibility index (Phi) is 4.38. The quantitative estimate of drug-likeness (QED) is 0.887. The summed E-state index contributed by atoms with van der Waals surface area (Å²) in [4.78, 5) is 0. The van der Waals surface area contributed by atoms with Gasteiger partial charge in [0, 0.05) is 36.1 Å². The molecule has 0 radical (unpaired) electrons. The molecule has 2 nitrogen and oxygen atoms in total. The Bertz CT molecular complexity index is 570. The number of benzene rings is 1. The highest BCUT2D eigenvalue weighted by Gasteiger charge is 2.26. The molecule has 0 spiro atoms. The van der Waals surface area contributed by atoms with Crippen molar-refractivity contribution >= 4 is 10.9 Å². The zero-order valence-electron chi connectivity index (χ0n) is 11.5. The lowest BCUT2D eigenvalue weighted by atomic mass is 10.0. The zero-order valence-corrected chi connectivity index (χ0v) is 11.5. The Morgan fingerprint density at radius 2 is 2.00 bits per heavy atom. The molecule has 0 aliphatic rings. The highest BCUT2D eigenvalue weighted by molar-refractivity contribution is 5.83. The summed E-state index contributed by atoms with van der Waals surface area (Å²) in [6, 6.07) is 7.91. The molecule has 2 rings (SSSR count). The zero-order chi connectivity index (χ0) is 14.8. The summed E-state index contributed by atoms with van der Waals surface area (Å²) in [5.41, 5.74) is 7.94. The molecule has 1 aromatic carbocycles. The molecule has 0 amide bonds. The van der Waals surface area contributed by atoms with Gasteiger partial charge in [-0.15, -0.1) is 0 Å². The van der Waals surface area contributed by atoms with Gasteiger partial charge in [0.2, 0.25) is 0 Å². The molecule has 110 valence electrons. The molecule has 20 heavy (non-hydrogen) atoms. The minimum absolute atomic E-state index is 0.0641. The second-order valence-corrected chi connectivity index (χ2v) is 5.26. The van der Waals surface area contributed by atoms with Crippen LogP contribution in [0.2, 0.25) is 0 Å². The summed E-state index contributed by atoms with van der Waals surface area (Å²) in [5, 5.41) is 1.08. The molecule has 0 fully saturated rings. The van der Waals surface area contributed by atoms with Crippen LogP contribution in [0.3, 0.4) is 0 Å². The van der Waals surface area contributed by atoms with E-state index in [0.29, 0.717) is 6.54 Å². The van der Waals surface area contributed by atoms with Gasteiger partial charge in [-0.25, -0.2) is 0 Å². The molecule has 0 saturated heterocycles. The number of fused-ring (bicyclic) bond motifs is 1. The molecule has 0 bridgehead atoms. The first-order chi connectivity index (χ1) is 9.37. The van der Waals surface area contributed by atoms with Crippen molar-refractivity contribution < 1.29 is 13.2 Å². The Morgan fingerprint density at radius 1 is 1.25 bits per heavy atom. The first kappa shape index (κ1) is 14.9. The van der Waals surface area contributed by atoms with Crippen LogP contribution in [-0.2, 0) is 13.0 Å². The third-order valence-electron chi connectivity index (χ3n) is 3.31. The van der Waals surface area contributed by atoms with E-state index in [2.05, 4.69) is 0 Å². The van der Waals surface area contributed by atoms with Crippen molar-refractivity contribution in [3.63, 3.8) is 0 Å². The van der Waals surface area contributed by atoms with E-state index in [4.69, 9.17) is 5.73 Å². The van der Waals surface area contributed by atoms with E-state index in [1.807, 2.05) is 42.0 Å². The number of nitrogens with two attached hydrogens (primary N) is 1. The number of nitrogens with zero attached hydrogens (tertiary/aromatic N) is 1. The molecule has 5 heteroatoms. The fraction of sp³-hybridized carbons (Fsp3) is 0.467. The van der Waals surface area contributed by atoms with Crippen molar-refractivity contribution in [2.45, 2.75) is 44.9 Å². The molecule has 0 aliphatic carbocycles. The molecule has 1 atom stereocenters. The lowest BCUT2D eigenvalue weighted by molar-refractivity contribution is -0.135. The summed E-state index contributed by atoms with van der Waals surface area (Å²) in [7, 11) is 0. The van der Waals surface area contributed by atoms with Gasteiger partial charge in [-0.2, -0.15) is 13.2 Å². The van der Waals surface area contributed by atoms with E-state index in [1.165, 1.54) is 0 Å². The number of hydrogen-bond acceptors (Lipinski definition) is 1. The number of aryl methyl sites for hydroxylation is 1. The van der Waals surface area contributed by atoms with Crippen LogP contribution in [0, 0.1) is 0 Å². The van der Waals surface area contributed by atoms with Crippen molar-refractivity contribution in [2.24, 2.45) is 5.73 Å². The van der Waals surface area contributed by atoms with Crippen LogP contribution in [0.1, 0.15) is 25.3 Å². The first-order valence-electron chi connectivity index (χ1n) is 6.76. The topological polar surface area (TPSA) is 30.9 Å². The van der Waals surface area contributed by atoms with E-state index in [0.717, 1.165) is 22.9 Å². The van der Waals surface area contributed by atoms with Crippen molar-refractivity contribution in [3.8, 4) is 0 Å². The Labute approximate surface area is 116 Å². The maximum atomic E-state index is 12.2. The van der Waals surface area contributed by atoms with E-state index in [-0.39, 0.29) is 12.5 Å². The van der Waals surface area contributed by atoms with Gasteiger partial charge in [0.25, 0.3) is 0 Å². The lowest BCUT2D eigenvalue weighted by Crippen LogP contribution is -2.17. The fourth-order valence-electron chi connectivity index (χ4n) is 2.46. The number of hydrogen-bond donors (Lipinski definition) is 1. The number of alkyl halides is 3. The predicted molar refractivity (Wildman–Crippen MR) is 74.6 cm³/mol. The van der Waals surface area contributed by atoms with Crippen LogP contribution in [0.4, 0.5) is 13.2 Å². The highest BCUT2D eigenvalue weighted by Crippen LogP contribution is 2.24. The summed E-state index contributed by atoms with van der Waals surface area (Å²) >= 11 is 0. The predicted octanol–water partition coefficient (Wildman–Crippen LogP) is 3.87. The first-order valence-corrected chi connectivity index (χ1v) is 6.76. The third-order valence-corrected chi connectivity index (χ3v) is 3.31. The van der Waals surface area contributed by atoms with E-state index in [9.17, 15) is 13.2 Å². The third kappa shape index (κ3) is 3.76. The molecule has 2 N–H and O–H groups in total. The molecule has 2 aromatic rings. The fourth-order valence-corrected chi connectivity index (χ4v) is 2.46. The molecule has 0 aliphatic heterocycles. The summed E-state index contributed by atoms with van der Waals surface area (Å²) in [6.45, 7) is 2.32. The van der Waals surface area contributed by atoms with Gasteiger partial charge < -0.3 is 10.3 Å². The van der Waals surface area contributed by atoms with E-state index in [1.54, 1.807) is 0 Å². The van der Waals surface area contributed by atoms with Crippen LogP contribution >= 0.6 is 0 Å². The number of aromatic nitrogens is 1. The van der Waals surface area contributed by atoms with Gasteiger partial charge in [-0.3, -0.25) is 0 Å². The normalized spacial score (nSPS) is 13.8. The smallest absolute Gasteiger partial charge is 0.347 e. The summed E-state index contributed by atoms with van der Waals surface area (Å²) < 4.78 is 38.4. The average molecular weight is 284 g/mol. The lowest BCUT2D eigenvalue weighted by Gasteiger charge is -2.10. The van der Waals surface area contributed by atoms with Gasteiger partial charge >= 0.3 is 6.18 Å². The van der Waals surface area contributed by atoms with Crippen LogP contribution in [0.25, 0.3) is 10.9 Å². The second kappa shape index (κ2) is 5.87. The maximum absolute atomic E-state index is 12.2. The van der Waals surface area contributed by atoms with E-state index < -0.39 is 12.6 Å². The Morgan fingerprint density at radius 3 is 2.65 bits per heavy atom. The maximum Gasteiger partial charge on any atom is 0.389 e. The van der Waals surface area contributed by atoms with Crippen LogP contribution in [-0.4, -0.2) is 16.8 Å². The van der Waals surface area contributed by atoms with Gasteiger partial charge in [0.1, 0.15) is 0 Å². The molecule has 1 unspecified atom stereocenters. The van der Waals surface area contributed by atoms with Gasteiger partial charge in [0.15, 0.2) is 0 Å².